The summed E-state index contributed by atoms with van der Waals surface area (Å²) in [5.41, 5.74) is 4.12. The number of aryl methyl sites for hydroxylation is 1. The molecule has 0 aliphatic heterocycles. The quantitative estimate of drug-likeness (QED) is 0.392. The Balaban J connectivity index is 1.90. The summed E-state index contributed by atoms with van der Waals surface area (Å²) in [4.78, 5) is 14.0. The molecule has 0 aliphatic carbocycles. The van der Waals surface area contributed by atoms with Crippen molar-refractivity contribution >= 4 is 24.1 Å². The zero-order chi connectivity index (χ0) is 19.3. The number of hydrogen-bond donors (Lipinski definition) is 0. The molecule has 2 heteroatoms. The smallest absolute Gasteiger partial charge is 0.194 e. The molecule has 0 saturated carbocycles. The van der Waals surface area contributed by atoms with Gasteiger partial charge in [-0.3, -0.25) is 4.79 Å². The van der Waals surface area contributed by atoms with Crippen LogP contribution in [0.2, 0.25) is 0 Å². The first-order chi connectivity index (χ1) is 13.8. The van der Waals surface area contributed by atoms with Crippen molar-refractivity contribution in [3.8, 4) is 11.1 Å². The average molecular weight is 380 g/mol. The van der Waals surface area contributed by atoms with Gasteiger partial charge in [0.25, 0.3) is 0 Å². The molecule has 0 saturated heterocycles. The summed E-state index contributed by atoms with van der Waals surface area (Å²) in [7, 11) is -1.15. The lowest BCUT2D eigenvalue weighted by Gasteiger charge is -2.20. The Morgan fingerprint density at radius 2 is 1.11 bits per heavy atom. The Morgan fingerprint density at radius 3 is 1.64 bits per heavy atom. The number of benzene rings is 4. The zero-order valence-electron chi connectivity index (χ0n) is 15.7. The average Bonchev–Trinajstić information content (AvgIpc) is 2.76. The maximum absolute atomic E-state index is 14.0. The first-order valence-electron chi connectivity index (χ1n) is 9.35. The molecule has 0 radical (unpaired) electrons. The lowest BCUT2D eigenvalue weighted by molar-refractivity contribution is 0.108. The first kappa shape index (κ1) is 18.3. The topological polar surface area (TPSA) is 17.1 Å². The number of carbonyl (C=O) groups is 1. The standard InChI is InChI=1S/C26H21OP/c1-20-12-11-19-24(21-13-5-2-6-14-21)25(20)26(27)28(22-15-7-3-8-16-22)23-17-9-4-10-18-23/h2-19H,1H3. The fraction of sp³-hybridized carbons (Fsp3) is 0.0385. The Labute approximate surface area is 167 Å². The van der Waals surface area contributed by atoms with E-state index in [2.05, 4.69) is 42.5 Å². The highest BCUT2D eigenvalue weighted by Crippen LogP contribution is 2.41. The molecule has 4 aromatic rings. The lowest BCUT2D eigenvalue weighted by atomic mass is 9.97. The van der Waals surface area contributed by atoms with Crippen LogP contribution in [0.1, 0.15) is 15.9 Å². The van der Waals surface area contributed by atoms with Crippen molar-refractivity contribution in [1.82, 2.24) is 0 Å². The van der Waals surface area contributed by atoms with E-state index < -0.39 is 7.92 Å². The Bertz CT molecular complexity index is 1030. The second-order valence-corrected chi connectivity index (χ2v) is 8.78. The number of rotatable bonds is 5. The molecule has 0 aromatic heterocycles. The fourth-order valence-electron chi connectivity index (χ4n) is 3.46. The van der Waals surface area contributed by atoms with Crippen LogP contribution < -0.4 is 10.6 Å². The predicted molar refractivity (Wildman–Crippen MR) is 120 cm³/mol. The van der Waals surface area contributed by atoms with Gasteiger partial charge < -0.3 is 0 Å². The summed E-state index contributed by atoms with van der Waals surface area (Å²) in [6, 6.07) is 36.6. The first-order valence-corrected chi connectivity index (χ1v) is 10.7. The van der Waals surface area contributed by atoms with E-state index in [4.69, 9.17) is 0 Å². The highest BCUT2D eigenvalue weighted by atomic mass is 31.1. The molecular weight excluding hydrogens is 359 g/mol. The monoisotopic (exact) mass is 380 g/mol. The molecule has 4 rings (SSSR count). The maximum atomic E-state index is 14.0. The summed E-state index contributed by atoms with van der Waals surface area (Å²) in [6.07, 6.45) is 0. The minimum atomic E-state index is -1.15. The van der Waals surface area contributed by atoms with E-state index in [-0.39, 0.29) is 5.52 Å². The molecular formula is C26H21OP. The second kappa shape index (κ2) is 8.33. The maximum Gasteiger partial charge on any atom is 0.194 e. The van der Waals surface area contributed by atoms with E-state index in [1.807, 2.05) is 73.7 Å². The van der Waals surface area contributed by atoms with Crippen molar-refractivity contribution in [2.45, 2.75) is 6.92 Å². The van der Waals surface area contributed by atoms with E-state index in [0.717, 1.165) is 32.9 Å². The van der Waals surface area contributed by atoms with E-state index in [9.17, 15) is 4.79 Å². The molecule has 0 unspecified atom stereocenters. The van der Waals surface area contributed by atoms with Crippen molar-refractivity contribution in [1.29, 1.82) is 0 Å². The van der Waals surface area contributed by atoms with Crippen molar-refractivity contribution in [3.63, 3.8) is 0 Å². The highest BCUT2D eigenvalue weighted by Gasteiger charge is 2.27. The summed E-state index contributed by atoms with van der Waals surface area (Å²) in [5, 5.41) is 2.16. The van der Waals surface area contributed by atoms with Crippen LogP contribution in [0.5, 0.6) is 0 Å². The van der Waals surface area contributed by atoms with Gasteiger partial charge in [0.15, 0.2) is 5.52 Å². The van der Waals surface area contributed by atoms with Crippen LogP contribution in [0.15, 0.2) is 109 Å². The fourth-order valence-corrected chi connectivity index (χ4v) is 5.69. The zero-order valence-corrected chi connectivity index (χ0v) is 16.6. The summed E-state index contributed by atoms with van der Waals surface area (Å²) in [5.74, 6) is 0. The molecule has 0 fully saturated rings. The normalized spacial score (nSPS) is 10.8. The van der Waals surface area contributed by atoms with Gasteiger partial charge in [-0.1, -0.05) is 109 Å². The molecule has 0 bridgehead atoms. The van der Waals surface area contributed by atoms with Crippen LogP contribution in [0.4, 0.5) is 0 Å². The van der Waals surface area contributed by atoms with Crippen LogP contribution >= 0.6 is 7.92 Å². The van der Waals surface area contributed by atoms with Crippen molar-refractivity contribution in [2.24, 2.45) is 0 Å². The summed E-state index contributed by atoms with van der Waals surface area (Å²) >= 11 is 0. The molecule has 136 valence electrons. The van der Waals surface area contributed by atoms with Gasteiger partial charge in [-0.25, -0.2) is 0 Å². The summed E-state index contributed by atoms with van der Waals surface area (Å²) in [6.45, 7) is 2.03. The number of carbonyl (C=O) groups excluding carboxylic acids is 1. The van der Waals surface area contributed by atoms with Gasteiger partial charge in [0, 0.05) is 13.5 Å². The lowest BCUT2D eigenvalue weighted by Crippen LogP contribution is -2.19. The van der Waals surface area contributed by atoms with E-state index in [0.29, 0.717) is 0 Å². The largest absolute Gasteiger partial charge is 0.288 e. The van der Waals surface area contributed by atoms with Gasteiger partial charge in [-0.05, 0) is 34.2 Å². The third-order valence-electron chi connectivity index (χ3n) is 4.80. The molecule has 0 spiro atoms. The van der Waals surface area contributed by atoms with Crippen molar-refractivity contribution in [2.75, 3.05) is 0 Å². The molecule has 4 aromatic carbocycles. The molecule has 0 amide bonds. The van der Waals surface area contributed by atoms with E-state index in [1.54, 1.807) is 0 Å². The van der Waals surface area contributed by atoms with Gasteiger partial charge in [0.05, 0.1) is 0 Å². The molecule has 0 atom stereocenters. The van der Waals surface area contributed by atoms with Gasteiger partial charge in [0.2, 0.25) is 0 Å². The van der Waals surface area contributed by atoms with Crippen LogP contribution in [0.3, 0.4) is 0 Å². The van der Waals surface area contributed by atoms with Crippen LogP contribution in [-0.2, 0) is 0 Å². The second-order valence-electron chi connectivity index (χ2n) is 6.68. The third kappa shape index (κ3) is 3.67. The SMILES string of the molecule is Cc1cccc(-c2ccccc2)c1C(=O)P(c1ccccc1)c1ccccc1. The van der Waals surface area contributed by atoms with Crippen LogP contribution in [-0.4, -0.2) is 5.52 Å². The van der Waals surface area contributed by atoms with Crippen molar-refractivity contribution in [3.05, 3.63) is 120 Å². The molecule has 0 aliphatic rings. The van der Waals surface area contributed by atoms with E-state index in [1.165, 1.54) is 0 Å². The van der Waals surface area contributed by atoms with Gasteiger partial charge in [-0.15, -0.1) is 0 Å². The minimum absolute atomic E-state index is 0.198. The molecule has 28 heavy (non-hydrogen) atoms. The Kier molecular flexibility index (Phi) is 5.46. The van der Waals surface area contributed by atoms with Gasteiger partial charge in [0.1, 0.15) is 0 Å². The van der Waals surface area contributed by atoms with Crippen LogP contribution in [0.25, 0.3) is 11.1 Å². The Morgan fingerprint density at radius 1 is 0.607 bits per heavy atom. The minimum Gasteiger partial charge on any atom is -0.288 e. The molecule has 0 N–H and O–H groups in total. The number of hydrogen-bond acceptors (Lipinski definition) is 1. The molecule has 0 heterocycles. The van der Waals surface area contributed by atoms with Crippen molar-refractivity contribution < 1.29 is 4.79 Å². The van der Waals surface area contributed by atoms with Gasteiger partial charge >= 0.3 is 0 Å². The predicted octanol–water partition coefficient (Wildman–Crippen LogP) is 5.94. The third-order valence-corrected chi connectivity index (χ3v) is 7.06. The molecule has 1 nitrogen and oxygen atoms in total. The van der Waals surface area contributed by atoms with E-state index >= 15 is 0 Å². The Hall–Kier alpha value is -3.02. The summed E-state index contributed by atoms with van der Waals surface area (Å²) < 4.78 is 0. The van der Waals surface area contributed by atoms with Crippen LogP contribution in [0, 0.1) is 6.92 Å². The van der Waals surface area contributed by atoms with Gasteiger partial charge in [-0.2, -0.15) is 0 Å². The highest BCUT2D eigenvalue weighted by molar-refractivity contribution is 7.88.